The van der Waals surface area contributed by atoms with Gasteiger partial charge in [-0.05, 0) is 48.5 Å². The van der Waals surface area contributed by atoms with Crippen LogP contribution in [0.5, 0.6) is 5.75 Å². The summed E-state index contributed by atoms with van der Waals surface area (Å²) in [5, 5.41) is 7.87. The van der Waals surface area contributed by atoms with Crippen LogP contribution in [0.4, 0.5) is 17.5 Å². The molecule has 43 heavy (non-hydrogen) atoms. The Morgan fingerprint density at radius 3 is 2.58 bits per heavy atom. The van der Waals surface area contributed by atoms with E-state index in [4.69, 9.17) is 19.1 Å². The number of aryl methyl sites for hydroxylation is 1. The highest BCUT2D eigenvalue weighted by molar-refractivity contribution is 6.74. The van der Waals surface area contributed by atoms with Gasteiger partial charge < -0.3 is 24.1 Å². The fourth-order valence-electron chi connectivity index (χ4n) is 4.91. The lowest BCUT2D eigenvalue weighted by Crippen LogP contribution is -2.46. The van der Waals surface area contributed by atoms with Crippen LogP contribution >= 0.6 is 0 Å². The average molecular weight is 597 g/mol. The van der Waals surface area contributed by atoms with Gasteiger partial charge in [0.05, 0.1) is 24.2 Å². The van der Waals surface area contributed by atoms with Gasteiger partial charge in [-0.3, -0.25) is 4.68 Å². The number of pyridine rings is 1. The minimum atomic E-state index is -2.00. The number of aromatic nitrogens is 5. The van der Waals surface area contributed by atoms with Gasteiger partial charge in [-0.1, -0.05) is 33.8 Å². The number of hydrogen-bond acceptors (Lipinski definition) is 9. The second-order valence-corrected chi connectivity index (χ2v) is 17.6. The normalized spacial score (nSPS) is 16.6. The van der Waals surface area contributed by atoms with Gasteiger partial charge in [0.25, 0.3) is 0 Å². The molecule has 3 aromatic heterocycles. The van der Waals surface area contributed by atoms with E-state index >= 15 is 0 Å². The van der Waals surface area contributed by atoms with Crippen LogP contribution in [0.15, 0.2) is 55.0 Å². The van der Waals surface area contributed by atoms with Crippen molar-refractivity contribution in [3.63, 3.8) is 0 Å². The molecular weight excluding hydrogens is 557 g/mol. The lowest BCUT2D eigenvalue weighted by atomic mass is 9.85. The smallest absolute Gasteiger partial charge is 0.330 e. The maximum atomic E-state index is 11.5. The Morgan fingerprint density at radius 2 is 1.91 bits per heavy atom. The summed E-state index contributed by atoms with van der Waals surface area (Å²) in [5.74, 6) is 1.85. The van der Waals surface area contributed by atoms with Crippen molar-refractivity contribution in [2.45, 2.75) is 51.2 Å². The van der Waals surface area contributed by atoms with Crippen molar-refractivity contribution in [2.75, 3.05) is 30.4 Å². The molecule has 0 saturated carbocycles. The van der Waals surface area contributed by atoms with E-state index in [0.29, 0.717) is 24.8 Å². The Kier molecular flexibility index (Phi) is 8.19. The number of ether oxygens (including phenoxy) is 1. The van der Waals surface area contributed by atoms with E-state index in [2.05, 4.69) is 62.3 Å². The maximum absolute atomic E-state index is 11.5. The molecule has 1 atom stereocenters. The van der Waals surface area contributed by atoms with Crippen LogP contribution in [0.3, 0.4) is 0 Å². The Bertz CT molecular complexity index is 1640. The van der Waals surface area contributed by atoms with Crippen LogP contribution < -0.4 is 14.9 Å². The zero-order chi connectivity index (χ0) is 31.0. The van der Waals surface area contributed by atoms with Crippen LogP contribution in [0.25, 0.3) is 22.5 Å². The van der Waals surface area contributed by atoms with Gasteiger partial charge in [-0.2, -0.15) is 5.10 Å². The van der Waals surface area contributed by atoms with E-state index in [1.54, 1.807) is 31.6 Å². The van der Waals surface area contributed by atoms with E-state index in [-0.39, 0.29) is 10.5 Å². The summed E-state index contributed by atoms with van der Waals surface area (Å²) in [6, 6.07) is 11.8. The van der Waals surface area contributed by atoms with Crippen molar-refractivity contribution in [1.29, 1.82) is 0 Å². The molecule has 1 aliphatic heterocycles. The molecule has 0 bridgehead atoms. The number of carbonyl (C=O) groups is 1. The van der Waals surface area contributed by atoms with E-state index in [1.807, 2.05) is 48.4 Å². The molecule has 0 spiro atoms. The number of nitrogens with one attached hydrogen (secondary N) is 1. The van der Waals surface area contributed by atoms with E-state index in [0.717, 1.165) is 45.8 Å². The molecule has 0 aliphatic carbocycles. The molecule has 1 radical (unpaired) electrons. The summed E-state index contributed by atoms with van der Waals surface area (Å²) in [5.41, 5.74) is 4.80. The Labute approximate surface area is 255 Å². The van der Waals surface area contributed by atoms with Crippen molar-refractivity contribution in [3.8, 4) is 28.3 Å². The minimum absolute atomic E-state index is 0.0886. The summed E-state index contributed by atoms with van der Waals surface area (Å²) in [7, 11) is 3.07. The lowest BCUT2D eigenvalue weighted by molar-refractivity contribution is 0.219. The quantitative estimate of drug-likeness (QED) is 0.185. The molecule has 0 saturated heterocycles. The van der Waals surface area contributed by atoms with E-state index in [9.17, 15) is 4.79 Å². The third kappa shape index (κ3) is 6.21. The van der Waals surface area contributed by atoms with Gasteiger partial charge in [0.15, 0.2) is 8.32 Å². The van der Waals surface area contributed by atoms with Crippen LogP contribution in [0, 0.1) is 0 Å². The van der Waals surface area contributed by atoms with Gasteiger partial charge in [0.1, 0.15) is 17.8 Å². The average Bonchev–Trinajstić information content (AvgIpc) is 3.53. The third-order valence-corrected chi connectivity index (χ3v) is 13.0. The number of carbonyl (C=O) groups excluding carboxylic acids is 1. The van der Waals surface area contributed by atoms with Crippen LogP contribution in [-0.2, 0) is 21.7 Å². The van der Waals surface area contributed by atoms with Crippen molar-refractivity contribution in [2.24, 2.45) is 7.05 Å². The maximum Gasteiger partial charge on any atom is 0.330 e. The molecule has 0 fully saturated rings. The van der Waals surface area contributed by atoms with Crippen molar-refractivity contribution < 1.29 is 14.0 Å². The summed E-state index contributed by atoms with van der Waals surface area (Å²) in [6.45, 7) is 14.5. The number of rotatable bonds is 10. The number of anilines is 3. The zero-order valence-electron chi connectivity index (χ0n) is 26.2. The number of hydrogen-bond donors (Lipinski definition) is 1. The lowest BCUT2D eigenvalue weighted by Gasteiger charge is -2.39. The Balaban J connectivity index is 1.43. The standard InChI is InChI=1S/C31H39BN7O3Si/c1-30(2,3)43(7,8)42-19-31(4)18-39(32-20-40)28-23(31)15-22(17-34-28)24-11-13-33-29(35-24)36-26-10-9-21(16-27(26)41-6)25-12-14-38(5)37-25/h9-17,20H,18-19H2,1-8H3,(H,33,35,36). The first kappa shape index (κ1) is 30.4. The molecule has 1 aromatic carbocycles. The Morgan fingerprint density at radius 1 is 1.12 bits per heavy atom. The third-order valence-electron chi connectivity index (χ3n) is 8.52. The fourth-order valence-corrected chi connectivity index (χ4v) is 6.02. The van der Waals surface area contributed by atoms with Gasteiger partial charge >= 0.3 is 7.41 Å². The summed E-state index contributed by atoms with van der Waals surface area (Å²) in [4.78, 5) is 27.4. The van der Waals surface area contributed by atoms with Crippen LogP contribution in [-0.4, -0.2) is 66.9 Å². The second-order valence-electron chi connectivity index (χ2n) is 12.8. The highest BCUT2D eigenvalue weighted by Crippen LogP contribution is 2.43. The number of benzene rings is 1. The van der Waals surface area contributed by atoms with Crippen molar-refractivity contribution in [3.05, 3.63) is 60.6 Å². The minimum Gasteiger partial charge on any atom is -0.495 e. The number of nitrogens with zero attached hydrogens (tertiary/aromatic N) is 6. The van der Waals surface area contributed by atoms with Crippen molar-refractivity contribution in [1.82, 2.24) is 24.7 Å². The molecule has 223 valence electrons. The SMILES string of the molecule is COc1cc(-c2ccn(C)n2)ccc1Nc1nccc(-c2cnc3c(c2)C(C)(CO[Si](C)(C)C(C)(C)C)CN3[B]C=O)n1. The van der Waals surface area contributed by atoms with Gasteiger partial charge in [-0.25, -0.2) is 15.0 Å². The fraction of sp³-hybridized carbons (Fsp3) is 0.387. The van der Waals surface area contributed by atoms with E-state index < -0.39 is 8.32 Å². The first-order valence-electron chi connectivity index (χ1n) is 14.3. The van der Waals surface area contributed by atoms with Gasteiger partial charge in [-0.15, -0.1) is 0 Å². The molecule has 1 N–H and O–H groups in total. The molecule has 1 unspecified atom stereocenters. The summed E-state index contributed by atoms with van der Waals surface area (Å²) >= 11 is 0. The second kappa shape index (κ2) is 11.6. The largest absolute Gasteiger partial charge is 0.495 e. The topological polar surface area (TPSA) is 107 Å². The van der Waals surface area contributed by atoms with Gasteiger partial charge in [0, 0.05) is 60.9 Å². The van der Waals surface area contributed by atoms with Crippen LogP contribution in [0.2, 0.25) is 18.1 Å². The highest BCUT2D eigenvalue weighted by atomic mass is 28.4. The molecule has 4 aromatic rings. The van der Waals surface area contributed by atoms with Gasteiger partial charge in [0.2, 0.25) is 5.95 Å². The predicted molar refractivity (Wildman–Crippen MR) is 174 cm³/mol. The monoisotopic (exact) mass is 596 g/mol. The highest BCUT2D eigenvalue weighted by Gasteiger charge is 2.44. The summed E-state index contributed by atoms with van der Waals surface area (Å²) < 4.78 is 14.1. The molecule has 12 heteroatoms. The molecule has 1 aliphatic rings. The molecule has 5 rings (SSSR count). The molecule has 0 amide bonds. The molecule has 4 heterocycles. The predicted octanol–water partition coefficient (Wildman–Crippen LogP) is 5.60. The zero-order valence-corrected chi connectivity index (χ0v) is 27.2. The Hall–Kier alpha value is -4.03. The summed E-state index contributed by atoms with van der Waals surface area (Å²) in [6.07, 6.45) is 6.22. The number of methoxy groups -OCH3 is 1. The number of fused-ring (bicyclic) bond motifs is 1. The molecule has 10 nitrogen and oxygen atoms in total. The first-order chi connectivity index (χ1) is 20.3. The van der Waals surface area contributed by atoms with Crippen molar-refractivity contribution >= 4 is 39.4 Å². The molecular formula is C31H39BN7O3Si. The first-order valence-corrected chi connectivity index (χ1v) is 17.2. The van der Waals surface area contributed by atoms with Crippen LogP contribution in [0.1, 0.15) is 33.3 Å². The van der Waals surface area contributed by atoms with E-state index in [1.165, 1.54) is 0 Å².